The van der Waals surface area contributed by atoms with Crippen LogP contribution in [0.15, 0.2) is 30.3 Å². The zero-order chi connectivity index (χ0) is 20.7. The van der Waals surface area contributed by atoms with E-state index in [4.69, 9.17) is 9.84 Å². The Morgan fingerprint density at radius 2 is 1.74 bits per heavy atom. The summed E-state index contributed by atoms with van der Waals surface area (Å²) in [5.74, 6) is -3.26. The van der Waals surface area contributed by atoms with Gasteiger partial charge in [0.2, 0.25) is 5.91 Å². The molecule has 0 spiro atoms. The minimum atomic E-state index is -1.48. The third kappa shape index (κ3) is 12.1. The molecule has 0 saturated heterocycles. The highest BCUT2D eigenvalue weighted by molar-refractivity contribution is 5.93. The largest absolute Gasteiger partial charge is 0.481 e. The van der Waals surface area contributed by atoms with Gasteiger partial charge in [0.25, 0.3) is 0 Å². The zero-order valence-corrected chi connectivity index (χ0v) is 15.4. The van der Waals surface area contributed by atoms with Crippen LogP contribution in [0.25, 0.3) is 0 Å². The number of amides is 2. The smallest absolute Gasteiger partial charge is 0.407 e. The molecule has 0 aromatic heterocycles. The second-order valence-electron chi connectivity index (χ2n) is 5.44. The van der Waals surface area contributed by atoms with E-state index in [0.29, 0.717) is 0 Å². The fourth-order valence-corrected chi connectivity index (χ4v) is 1.69. The summed E-state index contributed by atoms with van der Waals surface area (Å²) in [7, 11) is 0. The molecule has 1 unspecified atom stereocenters. The number of carbonyl (C=O) groups excluding carboxylic acids is 3. The highest BCUT2D eigenvalue weighted by Crippen LogP contribution is 2.00. The highest BCUT2D eigenvalue weighted by Gasteiger charge is 2.23. The van der Waals surface area contributed by atoms with Crippen molar-refractivity contribution in [1.29, 1.82) is 0 Å². The van der Waals surface area contributed by atoms with Gasteiger partial charge in [0.15, 0.2) is 5.78 Å². The molecule has 9 heteroatoms. The minimum absolute atomic E-state index is 0.0102. The molecule has 0 heterocycles. The van der Waals surface area contributed by atoms with E-state index in [9.17, 15) is 23.6 Å². The van der Waals surface area contributed by atoms with Gasteiger partial charge in [0, 0.05) is 0 Å². The van der Waals surface area contributed by atoms with Gasteiger partial charge in [-0.2, -0.15) is 0 Å². The first-order chi connectivity index (χ1) is 12.8. The van der Waals surface area contributed by atoms with E-state index >= 15 is 0 Å². The van der Waals surface area contributed by atoms with Crippen molar-refractivity contribution in [3.05, 3.63) is 35.9 Å². The number of halogens is 1. The number of benzene rings is 1. The Labute approximate surface area is 157 Å². The number of rotatable bonds is 9. The van der Waals surface area contributed by atoms with Crippen LogP contribution in [-0.2, 0) is 25.7 Å². The van der Waals surface area contributed by atoms with Crippen LogP contribution in [0.5, 0.6) is 0 Å². The fourth-order valence-electron chi connectivity index (χ4n) is 1.69. The predicted molar refractivity (Wildman–Crippen MR) is 95.8 cm³/mol. The van der Waals surface area contributed by atoms with Crippen molar-refractivity contribution in [2.24, 2.45) is 0 Å². The zero-order valence-electron chi connectivity index (χ0n) is 15.4. The molecule has 0 bridgehead atoms. The average Bonchev–Trinajstić information content (AvgIpc) is 2.64. The Hall–Kier alpha value is -2.97. The van der Waals surface area contributed by atoms with E-state index in [0.717, 1.165) is 5.56 Å². The molecule has 0 aliphatic heterocycles. The van der Waals surface area contributed by atoms with E-state index in [1.165, 1.54) is 6.42 Å². The van der Waals surface area contributed by atoms with Crippen molar-refractivity contribution in [3.63, 3.8) is 0 Å². The minimum Gasteiger partial charge on any atom is -0.481 e. The fraction of sp³-hybridized carbons (Fsp3) is 0.444. The number of nitrogens with one attached hydrogen (secondary N) is 2. The third-order valence-corrected chi connectivity index (χ3v) is 2.84. The van der Waals surface area contributed by atoms with Gasteiger partial charge in [-0.1, -0.05) is 50.6 Å². The van der Waals surface area contributed by atoms with E-state index in [2.05, 4.69) is 19.2 Å². The number of carboxylic acids is 1. The standard InChI is InChI=1S/C15H17FN2O6.C3H8/c16-7-12(19)11(6-14(21)22)18-13(20)8-17-15(23)24-9-10-4-2-1-3-5-10;1-3-2/h1-5,11H,6-9H2,(H,17,23)(H,18,20)(H,21,22);3H2,1-2H3. The van der Waals surface area contributed by atoms with Crippen LogP contribution in [0.4, 0.5) is 9.18 Å². The summed E-state index contributed by atoms with van der Waals surface area (Å²) in [5, 5.41) is 12.8. The van der Waals surface area contributed by atoms with Gasteiger partial charge >= 0.3 is 12.1 Å². The summed E-state index contributed by atoms with van der Waals surface area (Å²) in [5.41, 5.74) is 0.757. The number of hydrogen-bond acceptors (Lipinski definition) is 5. The van der Waals surface area contributed by atoms with E-state index in [1.54, 1.807) is 30.3 Å². The van der Waals surface area contributed by atoms with Crippen LogP contribution < -0.4 is 10.6 Å². The maximum atomic E-state index is 12.3. The molecule has 1 rings (SSSR count). The van der Waals surface area contributed by atoms with Crippen LogP contribution >= 0.6 is 0 Å². The number of ether oxygens (including phenoxy) is 1. The molecule has 3 N–H and O–H groups in total. The first-order valence-corrected chi connectivity index (χ1v) is 8.38. The number of carbonyl (C=O) groups is 4. The molecular weight excluding hydrogens is 359 g/mol. The molecule has 0 radical (unpaired) electrons. The topological polar surface area (TPSA) is 122 Å². The number of carboxylic acid groups (broad SMARTS) is 1. The first-order valence-electron chi connectivity index (χ1n) is 8.38. The van der Waals surface area contributed by atoms with Crippen LogP contribution in [0, 0.1) is 0 Å². The average molecular weight is 384 g/mol. The number of hydrogen-bond donors (Lipinski definition) is 3. The second-order valence-corrected chi connectivity index (χ2v) is 5.44. The van der Waals surface area contributed by atoms with Gasteiger partial charge in [-0.25, -0.2) is 9.18 Å². The lowest BCUT2D eigenvalue weighted by molar-refractivity contribution is -0.140. The molecule has 1 atom stereocenters. The maximum absolute atomic E-state index is 12.3. The summed E-state index contributed by atoms with van der Waals surface area (Å²) in [6, 6.07) is 7.36. The lowest BCUT2D eigenvalue weighted by Gasteiger charge is -2.14. The number of alkyl halides is 1. The van der Waals surface area contributed by atoms with Crippen molar-refractivity contribution in [1.82, 2.24) is 10.6 Å². The van der Waals surface area contributed by atoms with Gasteiger partial charge in [-0.05, 0) is 5.56 Å². The summed E-state index contributed by atoms with van der Waals surface area (Å²) < 4.78 is 17.2. The second kappa shape index (κ2) is 14.2. The number of aliphatic carboxylic acids is 1. The molecule has 0 fully saturated rings. The summed E-state index contributed by atoms with van der Waals surface area (Å²) in [6.07, 6.45) is -0.354. The normalized spacial score (nSPS) is 10.6. The molecule has 1 aromatic rings. The van der Waals surface area contributed by atoms with Gasteiger partial charge < -0.3 is 20.5 Å². The summed E-state index contributed by atoms with van der Waals surface area (Å²) in [4.78, 5) is 44.8. The van der Waals surface area contributed by atoms with E-state index < -0.39 is 49.4 Å². The number of alkyl carbamates (subject to hydrolysis) is 1. The van der Waals surface area contributed by atoms with Gasteiger partial charge in [-0.3, -0.25) is 14.4 Å². The monoisotopic (exact) mass is 384 g/mol. The molecule has 1 aromatic carbocycles. The van der Waals surface area contributed by atoms with E-state index in [1.807, 2.05) is 5.32 Å². The molecule has 0 aliphatic rings. The van der Waals surface area contributed by atoms with Gasteiger partial charge in [-0.15, -0.1) is 0 Å². The SMILES string of the molecule is CCC.O=C(O)CC(NC(=O)CNC(=O)OCc1ccccc1)C(=O)CF. The van der Waals surface area contributed by atoms with E-state index in [-0.39, 0.29) is 6.61 Å². The molecule has 0 aliphatic carbocycles. The van der Waals surface area contributed by atoms with Crippen molar-refractivity contribution in [2.45, 2.75) is 39.3 Å². The third-order valence-electron chi connectivity index (χ3n) is 2.84. The van der Waals surface area contributed by atoms with Crippen molar-refractivity contribution in [2.75, 3.05) is 13.2 Å². The number of Topliss-reactive ketones (excluding diaryl/α,β-unsaturated/α-hetero) is 1. The Balaban J connectivity index is 0.00000210. The molecule has 0 saturated carbocycles. The van der Waals surface area contributed by atoms with Crippen molar-refractivity contribution in [3.8, 4) is 0 Å². The Kier molecular flexibility index (Phi) is 12.7. The lowest BCUT2D eigenvalue weighted by Crippen LogP contribution is -2.47. The van der Waals surface area contributed by atoms with Crippen molar-refractivity contribution < 1.29 is 33.4 Å². The Bertz CT molecular complexity index is 609. The molecular formula is C18H25FN2O6. The maximum Gasteiger partial charge on any atom is 0.407 e. The van der Waals surface area contributed by atoms with Crippen molar-refractivity contribution >= 4 is 23.8 Å². The van der Waals surface area contributed by atoms with Gasteiger partial charge in [0.1, 0.15) is 25.9 Å². The molecule has 8 nitrogen and oxygen atoms in total. The molecule has 27 heavy (non-hydrogen) atoms. The molecule has 2 amide bonds. The van der Waals surface area contributed by atoms with Crippen LogP contribution in [-0.4, -0.2) is 48.1 Å². The predicted octanol–water partition coefficient (Wildman–Crippen LogP) is 1.83. The summed E-state index contributed by atoms with van der Waals surface area (Å²) in [6.45, 7) is 2.32. The molecule has 150 valence electrons. The van der Waals surface area contributed by atoms with Crippen LogP contribution in [0.3, 0.4) is 0 Å². The Morgan fingerprint density at radius 1 is 1.15 bits per heavy atom. The lowest BCUT2D eigenvalue weighted by atomic mass is 10.1. The van der Waals surface area contributed by atoms with Gasteiger partial charge in [0.05, 0.1) is 6.42 Å². The highest BCUT2D eigenvalue weighted by atomic mass is 19.1. The van der Waals surface area contributed by atoms with Crippen LogP contribution in [0.2, 0.25) is 0 Å². The van der Waals surface area contributed by atoms with Crippen LogP contribution in [0.1, 0.15) is 32.3 Å². The number of ketones is 1. The Morgan fingerprint density at radius 3 is 2.26 bits per heavy atom. The quantitative estimate of drug-likeness (QED) is 0.597. The first kappa shape index (κ1) is 24.0. The summed E-state index contributed by atoms with van der Waals surface area (Å²) >= 11 is 0.